The van der Waals surface area contributed by atoms with E-state index in [9.17, 15) is 37.2 Å². The first-order valence-electron chi connectivity index (χ1n) is 19.0. The zero-order chi connectivity index (χ0) is 40.2. The molecule has 5 aliphatic rings. The Balaban J connectivity index is 0.844. The number of nitrogens with zero attached hydrogens (tertiary/aromatic N) is 6. The maximum Gasteiger partial charge on any atom is 0.317 e. The normalized spacial score (nSPS) is 22.0. The van der Waals surface area contributed by atoms with Crippen LogP contribution in [0, 0.1) is 5.41 Å². The van der Waals surface area contributed by atoms with E-state index in [0.717, 1.165) is 61.2 Å². The fraction of sp³-hybridized carbons (Fsp3) is 0.436. The number of carbonyl (C=O) groups excluding carboxylic acids is 6. The zero-order valence-electron chi connectivity index (χ0n) is 31.4. The molecular weight excluding hydrogens is 755 g/mol. The van der Waals surface area contributed by atoms with E-state index in [-0.39, 0.29) is 58.5 Å². The lowest BCUT2D eigenvalue weighted by molar-refractivity contribution is -0.136. The average Bonchev–Trinajstić information content (AvgIpc) is 3.41. The van der Waals surface area contributed by atoms with Crippen LogP contribution in [-0.4, -0.2) is 121 Å². The molecule has 7 amide bonds. The van der Waals surface area contributed by atoms with E-state index in [1.807, 2.05) is 15.9 Å². The van der Waals surface area contributed by atoms with Gasteiger partial charge in [-0.1, -0.05) is 12.1 Å². The Bertz CT molecular complexity index is 2300. The van der Waals surface area contributed by atoms with Gasteiger partial charge in [-0.15, -0.1) is 0 Å². The van der Waals surface area contributed by atoms with Crippen LogP contribution < -0.4 is 26.2 Å². The minimum absolute atomic E-state index is 0.0270. The number of hydrogen-bond acceptors (Lipinski definition) is 12. The van der Waals surface area contributed by atoms with Crippen molar-refractivity contribution >= 4 is 56.9 Å². The number of likely N-dealkylation sites (tertiary alicyclic amines) is 1. The molecule has 17 nitrogen and oxygen atoms in total. The molecule has 2 aromatic carbocycles. The number of amides is 7. The van der Waals surface area contributed by atoms with E-state index in [1.54, 1.807) is 24.3 Å². The predicted molar refractivity (Wildman–Crippen MR) is 205 cm³/mol. The van der Waals surface area contributed by atoms with Gasteiger partial charge in [0.05, 0.1) is 27.9 Å². The van der Waals surface area contributed by atoms with Gasteiger partial charge in [-0.25, -0.2) is 23.2 Å². The Morgan fingerprint density at radius 2 is 1.67 bits per heavy atom. The van der Waals surface area contributed by atoms with Crippen molar-refractivity contribution in [2.45, 2.75) is 61.9 Å². The average molecular weight is 798 g/mol. The Morgan fingerprint density at radius 3 is 2.35 bits per heavy atom. The van der Waals surface area contributed by atoms with Crippen molar-refractivity contribution in [3.8, 4) is 0 Å². The van der Waals surface area contributed by atoms with Gasteiger partial charge in [-0.2, -0.15) is 0 Å². The monoisotopic (exact) mass is 797 g/mol. The van der Waals surface area contributed by atoms with Crippen molar-refractivity contribution in [1.29, 1.82) is 0 Å². The van der Waals surface area contributed by atoms with Gasteiger partial charge >= 0.3 is 6.03 Å². The number of rotatable bonds is 8. The summed E-state index contributed by atoms with van der Waals surface area (Å²) in [4.78, 5) is 92.5. The van der Waals surface area contributed by atoms with Crippen molar-refractivity contribution in [3.05, 3.63) is 76.7 Å². The molecule has 0 radical (unpaired) electrons. The van der Waals surface area contributed by atoms with Gasteiger partial charge in [0.25, 0.3) is 17.7 Å². The Labute approximate surface area is 328 Å². The molecule has 4 N–H and O–H groups in total. The number of nitrogens with one attached hydrogen (secondary N) is 2. The number of fused-ring (bicyclic) bond motifs is 1. The van der Waals surface area contributed by atoms with Crippen LogP contribution in [0.4, 0.5) is 16.3 Å². The fourth-order valence-corrected chi connectivity index (χ4v) is 9.25. The molecule has 8 rings (SSSR count). The number of carbonyl (C=O) groups is 6. The number of piperidine rings is 3. The maximum atomic E-state index is 13.5. The molecule has 5 aliphatic heterocycles. The van der Waals surface area contributed by atoms with Crippen molar-refractivity contribution in [2.24, 2.45) is 11.1 Å². The number of urea groups is 1. The highest BCUT2D eigenvalue weighted by Crippen LogP contribution is 2.43. The number of hydrogen-bond donors (Lipinski definition) is 3. The molecule has 3 aromatic rings. The molecule has 2 unspecified atom stereocenters. The fourth-order valence-electron chi connectivity index (χ4n) is 8.62. The van der Waals surface area contributed by atoms with E-state index in [1.165, 1.54) is 18.3 Å². The Hall–Kier alpha value is -5.91. The summed E-state index contributed by atoms with van der Waals surface area (Å²) >= 11 is 0. The van der Waals surface area contributed by atoms with Crippen LogP contribution in [0.2, 0.25) is 0 Å². The van der Waals surface area contributed by atoms with Crippen molar-refractivity contribution in [2.75, 3.05) is 55.3 Å². The third-order valence-corrected chi connectivity index (χ3v) is 12.9. The summed E-state index contributed by atoms with van der Waals surface area (Å²) in [6, 6.07) is 10.3. The second kappa shape index (κ2) is 14.5. The summed E-state index contributed by atoms with van der Waals surface area (Å²) in [5.41, 5.74) is 8.14. The molecule has 4 saturated heterocycles. The number of benzene rings is 2. The van der Waals surface area contributed by atoms with E-state index in [4.69, 9.17) is 10.7 Å². The van der Waals surface area contributed by atoms with Gasteiger partial charge in [-0.3, -0.25) is 34.2 Å². The molecule has 6 heterocycles. The topological polar surface area (TPSA) is 225 Å². The van der Waals surface area contributed by atoms with Gasteiger partial charge < -0.3 is 25.8 Å². The highest BCUT2D eigenvalue weighted by molar-refractivity contribution is 7.90. The summed E-state index contributed by atoms with van der Waals surface area (Å²) in [6.45, 7) is 3.90. The highest BCUT2D eigenvalue weighted by atomic mass is 32.2. The molecule has 18 heteroatoms. The SMILES string of the molecule is CS(=O)(=O)c1ccc(Cc2nc(N3CCCC(NC(=O)N4CCC5(CC4)CN(c4ccc6c(c4)C(=O)N(C4CCC(=O)NC4=O)C6=O)C5)C3)cnc2C(N)=O)cc1. The van der Waals surface area contributed by atoms with Crippen molar-refractivity contribution in [1.82, 2.24) is 30.4 Å². The highest BCUT2D eigenvalue weighted by Gasteiger charge is 2.48. The quantitative estimate of drug-likeness (QED) is 0.274. The summed E-state index contributed by atoms with van der Waals surface area (Å²) < 4.78 is 23.8. The van der Waals surface area contributed by atoms with Gasteiger partial charge in [0.2, 0.25) is 11.8 Å². The standard InChI is InChI=1S/C39H43N9O8S/c1-57(55,56)26-7-4-23(5-8-26)17-29-33(34(40)50)41-19-31(43-29)46-14-2-3-24(20-46)42-38(54)45-15-12-39(13-16-45)21-47(22-39)25-6-9-27-28(18-25)37(53)48(36(27)52)30-10-11-32(49)44-35(30)51/h4-9,18-19,24,30H,2-3,10-17,20-22H2,1H3,(H2,40,50)(H,42,54)(H,44,49,51). The maximum absolute atomic E-state index is 13.5. The molecule has 0 aliphatic carbocycles. The van der Waals surface area contributed by atoms with Gasteiger partial charge in [0.15, 0.2) is 9.84 Å². The largest absolute Gasteiger partial charge is 0.370 e. The second-order valence-corrected chi connectivity index (χ2v) is 17.8. The van der Waals surface area contributed by atoms with Crippen LogP contribution in [0.5, 0.6) is 0 Å². The van der Waals surface area contributed by atoms with E-state index in [2.05, 4.69) is 20.5 Å². The summed E-state index contributed by atoms with van der Waals surface area (Å²) in [5.74, 6) is -2.27. The summed E-state index contributed by atoms with van der Waals surface area (Å²) in [7, 11) is -3.36. The van der Waals surface area contributed by atoms with Crippen LogP contribution in [0.1, 0.15) is 81.0 Å². The van der Waals surface area contributed by atoms with E-state index in [0.29, 0.717) is 37.7 Å². The number of anilines is 2. The minimum Gasteiger partial charge on any atom is -0.370 e. The molecule has 0 saturated carbocycles. The van der Waals surface area contributed by atoms with Crippen LogP contribution >= 0.6 is 0 Å². The lowest BCUT2D eigenvalue weighted by Gasteiger charge is -2.55. The molecule has 2 atom stereocenters. The lowest BCUT2D eigenvalue weighted by Crippen LogP contribution is -2.62. The van der Waals surface area contributed by atoms with E-state index >= 15 is 0 Å². The van der Waals surface area contributed by atoms with Crippen molar-refractivity contribution in [3.63, 3.8) is 0 Å². The Kier molecular flexibility index (Phi) is 9.70. The summed E-state index contributed by atoms with van der Waals surface area (Å²) in [6.07, 6.45) is 6.29. The molecule has 1 aromatic heterocycles. The second-order valence-electron chi connectivity index (χ2n) is 15.7. The first kappa shape index (κ1) is 38.0. The summed E-state index contributed by atoms with van der Waals surface area (Å²) in [5, 5.41) is 5.43. The third kappa shape index (κ3) is 7.40. The van der Waals surface area contributed by atoms with Gasteiger partial charge in [0.1, 0.15) is 17.6 Å². The third-order valence-electron chi connectivity index (χ3n) is 11.8. The number of sulfone groups is 1. The molecular formula is C39H43N9O8S. The molecule has 1 spiro atoms. The Morgan fingerprint density at radius 1 is 0.947 bits per heavy atom. The van der Waals surface area contributed by atoms with Crippen LogP contribution in [-0.2, 0) is 25.8 Å². The first-order chi connectivity index (χ1) is 27.2. The predicted octanol–water partition coefficient (Wildman–Crippen LogP) is 1.25. The van der Waals surface area contributed by atoms with Crippen LogP contribution in [0.25, 0.3) is 0 Å². The molecule has 298 valence electrons. The number of aromatic nitrogens is 2. The number of nitrogens with two attached hydrogens (primary N) is 1. The minimum atomic E-state index is -3.36. The molecule has 57 heavy (non-hydrogen) atoms. The molecule has 4 fully saturated rings. The first-order valence-corrected chi connectivity index (χ1v) is 20.9. The van der Waals surface area contributed by atoms with Crippen LogP contribution in [0.15, 0.2) is 53.6 Å². The van der Waals surface area contributed by atoms with Gasteiger partial charge in [-0.05, 0) is 68.0 Å². The van der Waals surface area contributed by atoms with Crippen LogP contribution in [0.3, 0.4) is 0 Å². The van der Waals surface area contributed by atoms with Gasteiger partial charge in [0, 0.05) is 75.5 Å². The van der Waals surface area contributed by atoms with E-state index < -0.39 is 45.4 Å². The number of imide groups is 2. The number of primary amides is 1. The zero-order valence-corrected chi connectivity index (χ0v) is 32.2. The molecule has 0 bridgehead atoms. The van der Waals surface area contributed by atoms with Crippen molar-refractivity contribution < 1.29 is 37.2 Å². The lowest BCUT2D eigenvalue weighted by atomic mass is 9.71. The smallest absolute Gasteiger partial charge is 0.317 e.